The molecule has 0 spiro atoms. The summed E-state index contributed by atoms with van der Waals surface area (Å²) in [6.45, 7) is 2.26. The molecule has 0 unspecified atom stereocenters. The third-order valence-corrected chi connectivity index (χ3v) is 3.92. The van der Waals surface area contributed by atoms with E-state index >= 15 is 0 Å². The van der Waals surface area contributed by atoms with Crippen LogP contribution in [0.5, 0.6) is 0 Å². The van der Waals surface area contributed by atoms with Crippen LogP contribution in [-0.4, -0.2) is 48.5 Å². The lowest BCUT2D eigenvalue weighted by molar-refractivity contribution is -0.0811. The Labute approximate surface area is 92.4 Å². The van der Waals surface area contributed by atoms with E-state index < -0.39 is 5.60 Å². The summed E-state index contributed by atoms with van der Waals surface area (Å²) in [4.78, 5) is 2.36. The Hall–Kier alpha value is -0.120. The number of rotatable bonds is 3. The van der Waals surface area contributed by atoms with Crippen molar-refractivity contribution in [2.24, 2.45) is 0 Å². The summed E-state index contributed by atoms with van der Waals surface area (Å²) in [7, 11) is 2.16. The first kappa shape index (κ1) is 11.4. The standard InChI is InChI=1S/C12H23NO2/c1-13(11-4-2-3-5-11)10-12(14)6-8-15-9-7-12/h11,14H,2-10H2,1H3. The Morgan fingerprint density at radius 2 is 1.87 bits per heavy atom. The second-order valence-corrected chi connectivity index (χ2v) is 5.19. The fourth-order valence-electron chi connectivity index (χ4n) is 2.85. The zero-order valence-electron chi connectivity index (χ0n) is 9.74. The molecule has 2 aliphatic rings. The highest BCUT2D eigenvalue weighted by Crippen LogP contribution is 2.27. The van der Waals surface area contributed by atoms with Crippen LogP contribution >= 0.6 is 0 Å². The first-order valence-corrected chi connectivity index (χ1v) is 6.20. The van der Waals surface area contributed by atoms with Gasteiger partial charge in [-0.2, -0.15) is 0 Å². The molecule has 0 bridgehead atoms. The molecule has 2 rings (SSSR count). The van der Waals surface area contributed by atoms with Crippen molar-refractivity contribution in [3.05, 3.63) is 0 Å². The third-order valence-electron chi connectivity index (χ3n) is 3.92. The minimum Gasteiger partial charge on any atom is -0.388 e. The van der Waals surface area contributed by atoms with Crippen LogP contribution in [0.25, 0.3) is 0 Å². The molecule has 1 saturated carbocycles. The van der Waals surface area contributed by atoms with Crippen molar-refractivity contribution >= 4 is 0 Å². The SMILES string of the molecule is CN(CC1(O)CCOCC1)C1CCCC1. The summed E-state index contributed by atoms with van der Waals surface area (Å²) in [5.74, 6) is 0. The van der Waals surface area contributed by atoms with Crippen LogP contribution in [-0.2, 0) is 4.74 Å². The fraction of sp³-hybridized carbons (Fsp3) is 1.00. The van der Waals surface area contributed by atoms with E-state index in [4.69, 9.17) is 4.74 Å². The second kappa shape index (κ2) is 4.81. The van der Waals surface area contributed by atoms with Gasteiger partial charge < -0.3 is 14.7 Å². The highest BCUT2D eigenvalue weighted by atomic mass is 16.5. The van der Waals surface area contributed by atoms with Gasteiger partial charge in [0.25, 0.3) is 0 Å². The fourth-order valence-corrected chi connectivity index (χ4v) is 2.85. The van der Waals surface area contributed by atoms with Gasteiger partial charge in [-0.05, 0) is 19.9 Å². The van der Waals surface area contributed by atoms with Crippen LogP contribution in [0.1, 0.15) is 38.5 Å². The molecular formula is C12H23NO2. The van der Waals surface area contributed by atoms with Gasteiger partial charge in [-0.25, -0.2) is 0 Å². The van der Waals surface area contributed by atoms with Gasteiger partial charge in [-0.1, -0.05) is 12.8 Å². The maximum absolute atomic E-state index is 10.4. The van der Waals surface area contributed by atoms with E-state index in [9.17, 15) is 5.11 Å². The smallest absolute Gasteiger partial charge is 0.0817 e. The maximum Gasteiger partial charge on any atom is 0.0817 e. The molecule has 1 saturated heterocycles. The average molecular weight is 213 g/mol. The molecule has 0 aromatic heterocycles. The Morgan fingerprint density at radius 3 is 2.47 bits per heavy atom. The van der Waals surface area contributed by atoms with Crippen LogP contribution in [0.15, 0.2) is 0 Å². The lowest BCUT2D eigenvalue weighted by Crippen LogP contribution is -2.48. The van der Waals surface area contributed by atoms with Crippen molar-refractivity contribution < 1.29 is 9.84 Å². The van der Waals surface area contributed by atoms with E-state index in [-0.39, 0.29) is 0 Å². The molecule has 0 aromatic rings. The van der Waals surface area contributed by atoms with Crippen LogP contribution in [0.4, 0.5) is 0 Å². The summed E-state index contributed by atoms with van der Waals surface area (Å²) in [5, 5.41) is 10.4. The Balaban J connectivity index is 1.83. The van der Waals surface area contributed by atoms with Gasteiger partial charge in [0.05, 0.1) is 5.60 Å². The van der Waals surface area contributed by atoms with E-state index in [0.717, 1.165) is 32.6 Å². The van der Waals surface area contributed by atoms with Crippen molar-refractivity contribution in [1.29, 1.82) is 0 Å². The van der Waals surface area contributed by atoms with Crippen molar-refractivity contribution in [3.8, 4) is 0 Å². The summed E-state index contributed by atoms with van der Waals surface area (Å²) >= 11 is 0. The molecule has 1 aliphatic carbocycles. The highest BCUT2D eigenvalue weighted by molar-refractivity contribution is 4.87. The second-order valence-electron chi connectivity index (χ2n) is 5.19. The Bertz CT molecular complexity index is 196. The summed E-state index contributed by atoms with van der Waals surface area (Å²) in [5.41, 5.74) is -0.490. The number of aliphatic hydroxyl groups is 1. The number of hydrogen-bond donors (Lipinski definition) is 1. The van der Waals surface area contributed by atoms with Gasteiger partial charge in [-0.3, -0.25) is 0 Å². The molecule has 0 aromatic carbocycles. The van der Waals surface area contributed by atoms with Crippen molar-refractivity contribution in [1.82, 2.24) is 4.90 Å². The van der Waals surface area contributed by atoms with Crippen LogP contribution in [0.3, 0.4) is 0 Å². The van der Waals surface area contributed by atoms with E-state index in [2.05, 4.69) is 11.9 Å². The molecule has 1 aliphatic heterocycles. The van der Waals surface area contributed by atoms with Gasteiger partial charge in [0.1, 0.15) is 0 Å². The molecule has 3 heteroatoms. The molecule has 2 fully saturated rings. The van der Waals surface area contributed by atoms with Gasteiger partial charge >= 0.3 is 0 Å². The molecule has 0 atom stereocenters. The van der Waals surface area contributed by atoms with Crippen LogP contribution in [0, 0.1) is 0 Å². The highest BCUT2D eigenvalue weighted by Gasteiger charge is 2.33. The van der Waals surface area contributed by atoms with Crippen molar-refractivity contribution in [2.45, 2.75) is 50.2 Å². The normalized spacial score (nSPS) is 27.4. The number of nitrogens with zero attached hydrogens (tertiary/aromatic N) is 1. The largest absolute Gasteiger partial charge is 0.388 e. The number of hydrogen-bond acceptors (Lipinski definition) is 3. The van der Waals surface area contributed by atoms with E-state index in [1.165, 1.54) is 25.7 Å². The minimum absolute atomic E-state index is 0.490. The van der Waals surface area contributed by atoms with Gasteiger partial charge in [0, 0.05) is 38.6 Å². The molecule has 0 radical (unpaired) electrons. The van der Waals surface area contributed by atoms with Crippen molar-refractivity contribution in [2.75, 3.05) is 26.8 Å². The molecule has 3 nitrogen and oxygen atoms in total. The maximum atomic E-state index is 10.4. The lowest BCUT2D eigenvalue weighted by Gasteiger charge is -2.37. The summed E-state index contributed by atoms with van der Waals surface area (Å²) < 4.78 is 5.29. The Kier molecular flexibility index (Phi) is 3.65. The van der Waals surface area contributed by atoms with Gasteiger partial charge in [0.2, 0.25) is 0 Å². The monoisotopic (exact) mass is 213 g/mol. The summed E-state index contributed by atoms with van der Waals surface area (Å²) in [6.07, 6.45) is 6.92. The molecule has 1 heterocycles. The average Bonchev–Trinajstić information content (AvgIpc) is 2.70. The number of likely N-dealkylation sites (N-methyl/N-ethyl adjacent to an activating group) is 1. The lowest BCUT2D eigenvalue weighted by atomic mass is 9.93. The van der Waals surface area contributed by atoms with E-state index in [0.29, 0.717) is 6.04 Å². The zero-order chi connectivity index (χ0) is 10.7. The summed E-state index contributed by atoms with van der Waals surface area (Å²) in [6, 6.07) is 0.705. The third kappa shape index (κ3) is 2.92. The molecule has 0 amide bonds. The first-order chi connectivity index (χ1) is 7.20. The van der Waals surface area contributed by atoms with Crippen LogP contribution in [0.2, 0.25) is 0 Å². The topological polar surface area (TPSA) is 32.7 Å². The van der Waals surface area contributed by atoms with Gasteiger partial charge in [-0.15, -0.1) is 0 Å². The molecular weight excluding hydrogens is 190 g/mol. The molecule has 88 valence electrons. The van der Waals surface area contributed by atoms with Crippen molar-refractivity contribution in [3.63, 3.8) is 0 Å². The van der Waals surface area contributed by atoms with E-state index in [1.807, 2.05) is 0 Å². The predicted molar refractivity (Wildman–Crippen MR) is 59.9 cm³/mol. The predicted octanol–water partition coefficient (Wildman–Crippen LogP) is 1.40. The first-order valence-electron chi connectivity index (χ1n) is 6.20. The quantitative estimate of drug-likeness (QED) is 0.769. The van der Waals surface area contributed by atoms with E-state index in [1.54, 1.807) is 0 Å². The minimum atomic E-state index is -0.490. The molecule has 15 heavy (non-hydrogen) atoms. The van der Waals surface area contributed by atoms with Crippen LogP contribution < -0.4 is 0 Å². The molecule has 1 N–H and O–H groups in total. The number of ether oxygens (including phenoxy) is 1. The Morgan fingerprint density at radius 1 is 1.27 bits per heavy atom. The van der Waals surface area contributed by atoms with Gasteiger partial charge in [0.15, 0.2) is 0 Å². The zero-order valence-corrected chi connectivity index (χ0v) is 9.74.